The van der Waals surface area contributed by atoms with Gasteiger partial charge in [-0.3, -0.25) is 9.59 Å². The quantitative estimate of drug-likeness (QED) is 0.459. The summed E-state index contributed by atoms with van der Waals surface area (Å²) in [5.74, 6) is -0.0663. The fraction of sp³-hybridized carbons (Fsp3) is 0.440. The molecule has 1 fully saturated rings. The molecule has 190 valence electrons. The zero-order valence-electron chi connectivity index (χ0n) is 20.2. The van der Waals surface area contributed by atoms with Gasteiger partial charge in [-0.1, -0.05) is 33.6 Å². The average Bonchev–Trinajstić information content (AvgIpc) is 2.84. The van der Waals surface area contributed by atoms with E-state index in [1.807, 2.05) is 38.3 Å². The van der Waals surface area contributed by atoms with Crippen LogP contribution in [0.2, 0.25) is 0 Å². The maximum atomic E-state index is 13.0. The molecule has 10 heteroatoms. The lowest BCUT2D eigenvalue weighted by Crippen LogP contribution is -2.49. The van der Waals surface area contributed by atoms with Crippen LogP contribution in [0, 0.1) is 19.8 Å². The number of nitrogens with zero attached hydrogens (tertiary/aromatic N) is 1. The Morgan fingerprint density at radius 3 is 2.37 bits per heavy atom. The molecule has 0 spiro atoms. The molecule has 35 heavy (non-hydrogen) atoms. The van der Waals surface area contributed by atoms with Crippen molar-refractivity contribution in [3.05, 3.63) is 58.1 Å². The van der Waals surface area contributed by atoms with E-state index in [9.17, 15) is 18.0 Å². The van der Waals surface area contributed by atoms with Crippen LogP contribution >= 0.6 is 27.7 Å². The van der Waals surface area contributed by atoms with Crippen LogP contribution in [0.15, 0.2) is 51.8 Å². The fourth-order valence-electron chi connectivity index (χ4n) is 3.96. The topological polar surface area (TPSA) is 95.6 Å². The molecule has 0 saturated carbocycles. The first-order valence-electron chi connectivity index (χ1n) is 11.5. The molecule has 0 radical (unpaired) electrons. The third kappa shape index (κ3) is 7.31. The molecule has 0 unspecified atom stereocenters. The highest BCUT2D eigenvalue weighted by atomic mass is 79.9. The normalized spacial score (nSPS) is 16.0. The maximum Gasteiger partial charge on any atom is 0.246 e. The second-order valence-corrected chi connectivity index (χ2v) is 12.6. The molecular weight excluding hydrogens is 550 g/mol. The van der Waals surface area contributed by atoms with Crippen LogP contribution in [0.1, 0.15) is 30.4 Å². The van der Waals surface area contributed by atoms with E-state index in [2.05, 4.69) is 26.6 Å². The van der Waals surface area contributed by atoms with Gasteiger partial charge in [-0.15, -0.1) is 0 Å². The predicted octanol–water partition coefficient (Wildman–Crippen LogP) is 4.34. The van der Waals surface area contributed by atoms with Crippen molar-refractivity contribution in [3.8, 4) is 0 Å². The number of piperidine rings is 1. The molecule has 0 aromatic heterocycles. The Labute approximate surface area is 220 Å². The van der Waals surface area contributed by atoms with Crippen LogP contribution in [0.5, 0.6) is 0 Å². The summed E-state index contributed by atoms with van der Waals surface area (Å²) in [6.45, 7) is 4.40. The third-order valence-corrected chi connectivity index (χ3v) is 9.60. The lowest BCUT2D eigenvalue weighted by Gasteiger charge is -2.31. The van der Waals surface area contributed by atoms with Crippen molar-refractivity contribution in [2.45, 2.75) is 44.0 Å². The molecule has 2 aromatic carbocycles. The van der Waals surface area contributed by atoms with Gasteiger partial charge in [-0.2, -0.15) is 16.1 Å². The van der Waals surface area contributed by atoms with E-state index in [1.165, 1.54) is 4.31 Å². The Morgan fingerprint density at radius 2 is 1.77 bits per heavy atom. The molecule has 1 saturated heterocycles. The van der Waals surface area contributed by atoms with Gasteiger partial charge in [-0.05, 0) is 81.0 Å². The van der Waals surface area contributed by atoms with Crippen molar-refractivity contribution >= 4 is 55.2 Å². The Hall–Kier alpha value is -1.88. The van der Waals surface area contributed by atoms with Crippen LogP contribution in [-0.4, -0.2) is 55.7 Å². The van der Waals surface area contributed by atoms with Gasteiger partial charge in [0.15, 0.2) is 0 Å². The molecule has 1 heterocycles. The van der Waals surface area contributed by atoms with Gasteiger partial charge in [0.05, 0.1) is 4.90 Å². The lowest BCUT2D eigenvalue weighted by atomic mass is 9.96. The molecule has 2 aromatic rings. The van der Waals surface area contributed by atoms with Gasteiger partial charge in [-0.25, -0.2) is 8.42 Å². The number of carbonyl (C=O) groups excluding carboxylic acids is 2. The number of carbonyl (C=O) groups is 2. The van der Waals surface area contributed by atoms with Crippen LogP contribution in [-0.2, 0) is 19.6 Å². The molecule has 1 atom stereocenters. The lowest BCUT2D eigenvalue weighted by molar-refractivity contribution is -0.130. The van der Waals surface area contributed by atoms with Gasteiger partial charge in [0, 0.05) is 29.2 Å². The van der Waals surface area contributed by atoms with Crippen molar-refractivity contribution in [1.29, 1.82) is 0 Å². The number of hydrogen-bond donors (Lipinski definition) is 2. The summed E-state index contributed by atoms with van der Waals surface area (Å²) in [6, 6.07) is 11.7. The van der Waals surface area contributed by atoms with Gasteiger partial charge < -0.3 is 10.6 Å². The van der Waals surface area contributed by atoms with Crippen LogP contribution < -0.4 is 10.6 Å². The van der Waals surface area contributed by atoms with E-state index in [4.69, 9.17) is 0 Å². The monoisotopic (exact) mass is 581 g/mol. The number of aryl methyl sites for hydroxylation is 2. The Kier molecular flexibility index (Phi) is 9.80. The molecular formula is C25H32BrN3O4S2. The maximum absolute atomic E-state index is 13.0. The fourth-order valence-corrected chi connectivity index (χ4v) is 6.15. The second kappa shape index (κ2) is 12.4. The Bertz CT molecular complexity index is 1150. The number of anilines is 1. The number of thioether (sulfide) groups is 1. The minimum Gasteiger partial charge on any atom is -0.344 e. The predicted molar refractivity (Wildman–Crippen MR) is 145 cm³/mol. The molecule has 3 rings (SSSR count). The van der Waals surface area contributed by atoms with Crippen molar-refractivity contribution in [3.63, 3.8) is 0 Å². The second-order valence-electron chi connectivity index (χ2n) is 8.79. The molecule has 0 aliphatic carbocycles. The molecule has 1 aliphatic rings. The standard InChI is InChI=1S/C25H32BrN3O4S2/c1-17-4-7-21(8-5-17)35(32,33)29-13-10-19(11-14-29)24(30)28-23(12-15-34-3)25(31)27-20-6-9-22(26)18(2)16-20/h4-9,16,19,23H,10-15H2,1-3H3,(H,27,31)(H,28,30)/t23-/m0/s1. The molecule has 7 nitrogen and oxygen atoms in total. The third-order valence-electron chi connectivity index (χ3n) is 6.15. The van der Waals surface area contributed by atoms with Crippen molar-refractivity contribution < 1.29 is 18.0 Å². The number of amides is 2. The van der Waals surface area contributed by atoms with Crippen LogP contribution in [0.25, 0.3) is 0 Å². The van der Waals surface area contributed by atoms with Crippen LogP contribution in [0.4, 0.5) is 5.69 Å². The molecule has 2 N–H and O–H groups in total. The smallest absolute Gasteiger partial charge is 0.246 e. The SMILES string of the molecule is CSCC[C@H](NC(=O)C1CCN(S(=O)(=O)c2ccc(C)cc2)CC1)C(=O)Nc1ccc(Br)c(C)c1. The Balaban J connectivity index is 1.60. The summed E-state index contributed by atoms with van der Waals surface area (Å²) >= 11 is 5.07. The first kappa shape index (κ1) is 27.7. The summed E-state index contributed by atoms with van der Waals surface area (Å²) < 4.78 is 28.3. The minimum absolute atomic E-state index is 0.203. The van der Waals surface area contributed by atoms with Gasteiger partial charge in [0.2, 0.25) is 21.8 Å². The van der Waals surface area contributed by atoms with Crippen LogP contribution in [0.3, 0.4) is 0 Å². The number of nitrogens with one attached hydrogen (secondary N) is 2. The molecule has 2 amide bonds. The number of benzene rings is 2. The highest BCUT2D eigenvalue weighted by Gasteiger charge is 2.33. The largest absolute Gasteiger partial charge is 0.344 e. The molecule has 0 bridgehead atoms. The zero-order valence-corrected chi connectivity index (χ0v) is 23.4. The first-order chi connectivity index (χ1) is 16.6. The summed E-state index contributed by atoms with van der Waals surface area (Å²) in [4.78, 5) is 26.2. The van der Waals surface area contributed by atoms with Crippen molar-refractivity contribution in [2.75, 3.05) is 30.4 Å². The number of rotatable bonds is 9. The first-order valence-corrected chi connectivity index (χ1v) is 15.2. The van der Waals surface area contributed by atoms with E-state index < -0.39 is 16.1 Å². The van der Waals surface area contributed by atoms with Gasteiger partial charge in [0.25, 0.3) is 0 Å². The highest BCUT2D eigenvalue weighted by molar-refractivity contribution is 9.10. The Morgan fingerprint density at radius 1 is 1.11 bits per heavy atom. The summed E-state index contributed by atoms with van der Waals surface area (Å²) in [6.07, 6.45) is 3.30. The minimum atomic E-state index is -3.59. The highest BCUT2D eigenvalue weighted by Crippen LogP contribution is 2.25. The summed E-state index contributed by atoms with van der Waals surface area (Å²) in [7, 11) is -3.59. The van der Waals surface area contributed by atoms with E-state index in [-0.39, 0.29) is 35.7 Å². The zero-order chi connectivity index (χ0) is 25.6. The van der Waals surface area contributed by atoms with E-state index in [0.717, 1.165) is 21.4 Å². The van der Waals surface area contributed by atoms with E-state index in [0.29, 0.717) is 24.9 Å². The number of halogens is 1. The summed E-state index contributed by atoms with van der Waals surface area (Å²) in [5, 5.41) is 5.82. The number of hydrogen-bond acceptors (Lipinski definition) is 5. The van der Waals surface area contributed by atoms with Crippen molar-refractivity contribution in [1.82, 2.24) is 9.62 Å². The average molecular weight is 583 g/mol. The van der Waals surface area contributed by atoms with E-state index >= 15 is 0 Å². The summed E-state index contributed by atoms with van der Waals surface area (Å²) in [5.41, 5.74) is 2.67. The van der Waals surface area contributed by atoms with Crippen molar-refractivity contribution in [2.24, 2.45) is 5.92 Å². The van der Waals surface area contributed by atoms with Gasteiger partial charge >= 0.3 is 0 Å². The number of sulfonamides is 1. The molecule has 1 aliphatic heterocycles. The van der Waals surface area contributed by atoms with Gasteiger partial charge in [0.1, 0.15) is 6.04 Å². The van der Waals surface area contributed by atoms with E-state index in [1.54, 1.807) is 36.0 Å².